The third-order valence-electron chi connectivity index (χ3n) is 5.56. The summed E-state index contributed by atoms with van der Waals surface area (Å²) in [5, 5.41) is 3.36. The van der Waals surface area contributed by atoms with Crippen LogP contribution in [0.25, 0.3) is 11.1 Å². The highest BCUT2D eigenvalue weighted by Crippen LogP contribution is 2.42. The van der Waals surface area contributed by atoms with Gasteiger partial charge in [0.05, 0.1) is 5.57 Å². The zero-order valence-corrected chi connectivity index (χ0v) is 19.6. The molecule has 5 heteroatoms. The van der Waals surface area contributed by atoms with Crippen molar-refractivity contribution in [3.63, 3.8) is 0 Å². The van der Waals surface area contributed by atoms with Crippen LogP contribution in [-0.4, -0.2) is 25.9 Å². The van der Waals surface area contributed by atoms with Crippen LogP contribution in [0.4, 0.5) is 13.2 Å². The number of nitrogens with one attached hydrogen (secondary N) is 1. The van der Waals surface area contributed by atoms with Crippen LogP contribution in [0, 0.1) is 0 Å². The minimum atomic E-state index is -4.52. The summed E-state index contributed by atoms with van der Waals surface area (Å²) in [6.07, 6.45) is 0.330. The van der Waals surface area contributed by atoms with Gasteiger partial charge in [0.15, 0.2) is 0 Å². The Morgan fingerprint density at radius 3 is 1.88 bits per heavy atom. The van der Waals surface area contributed by atoms with Gasteiger partial charge in [-0.05, 0) is 41.8 Å². The first-order chi connectivity index (χ1) is 16.5. The zero-order chi connectivity index (χ0) is 24.2. The SMILES string of the molecule is CCCCCCNCCOc1ccc(/C(=C(\c2ccccc2)C(F)(F)F)c2ccccc2)cc1. The quantitative estimate of drug-likeness (QED) is 0.217. The zero-order valence-electron chi connectivity index (χ0n) is 19.6. The summed E-state index contributed by atoms with van der Waals surface area (Å²) >= 11 is 0. The molecule has 0 aliphatic carbocycles. The van der Waals surface area contributed by atoms with Crippen molar-refractivity contribution in [3.8, 4) is 5.75 Å². The van der Waals surface area contributed by atoms with Crippen LogP contribution in [0.2, 0.25) is 0 Å². The molecule has 34 heavy (non-hydrogen) atoms. The van der Waals surface area contributed by atoms with Crippen LogP contribution < -0.4 is 10.1 Å². The van der Waals surface area contributed by atoms with Crippen LogP contribution in [0.3, 0.4) is 0 Å². The van der Waals surface area contributed by atoms with Crippen LogP contribution in [0.5, 0.6) is 5.75 Å². The molecule has 3 aromatic carbocycles. The maximum atomic E-state index is 14.4. The Balaban J connectivity index is 1.81. The molecule has 0 fully saturated rings. The molecule has 2 nitrogen and oxygen atoms in total. The Bertz CT molecular complexity index is 1010. The molecule has 0 saturated heterocycles. The predicted molar refractivity (Wildman–Crippen MR) is 134 cm³/mol. The molecule has 0 saturated carbocycles. The van der Waals surface area contributed by atoms with E-state index in [0.717, 1.165) is 19.5 Å². The molecule has 0 heterocycles. The van der Waals surface area contributed by atoms with Gasteiger partial charge >= 0.3 is 6.18 Å². The number of hydrogen-bond acceptors (Lipinski definition) is 2. The fourth-order valence-electron chi connectivity index (χ4n) is 3.88. The summed E-state index contributed by atoms with van der Waals surface area (Å²) in [7, 11) is 0. The van der Waals surface area contributed by atoms with Crippen LogP contribution >= 0.6 is 0 Å². The number of benzene rings is 3. The number of hydrogen-bond donors (Lipinski definition) is 1. The lowest BCUT2D eigenvalue weighted by atomic mass is 9.89. The highest BCUT2D eigenvalue weighted by Gasteiger charge is 2.38. The summed E-state index contributed by atoms with van der Waals surface area (Å²) in [5.41, 5.74) is 0.641. The first kappa shape index (κ1) is 25.6. The molecule has 180 valence electrons. The average Bonchev–Trinajstić information content (AvgIpc) is 2.85. The molecule has 0 aromatic heterocycles. The van der Waals surface area contributed by atoms with E-state index in [1.807, 2.05) is 0 Å². The number of rotatable bonds is 12. The summed E-state index contributed by atoms with van der Waals surface area (Å²) in [6.45, 7) is 4.39. The van der Waals surface area contributed by atoms with E-state index in [4.69, 9.17) is 4.74 Å². The van der Waals surface area contributed by atoms with Crippen molar-refractivity contribution < 1.29 is 17.9 Å². The van der Waals surface area contributed by atoms with Crippen LogP contribution in [0.15, 0.2) is 84.9 Å². The molecule has 0 aliphatic rings. The van der Waals surface area contributed by atoms with Gasteiger partial charge in [-0.25, -0.2) is 0 Å². The van der Waals surface area contributed by atoms with E-state index in [1.54, 1.807) is 72.8 Å². The number of unbranched alkanes of at least 4 members (excludes halogenated alkanes) is 3. The summed E-state index contributed by atoms with van der Waals surface area (Å²) in [6, 6.07) is 23.5. The van der Waals surface area contributed by atoms with Gasteiger partial charge in [0, 0.05) is 12.1 Å². The van der Waals surface area contributed by atoms with Crippen molar-refractivity contribution in [2.75, 3.05) is 19.7 Å². The van der Waals surface area contributed by atoms with Crippen molar-refractivity contribution >= 4 is 11.1 Å². The van der Waals surface area contributed by atoms with Crippen molar-refractivity contribution in [1.29, 1.82) is 0 Å². The Hall–Kier alpha value is -3.05. The van der Waals surface area contributed by atoms with E-state index in [0.29, 0.717) is 23.5 Å². The summed E-state index contributed by atoms with van der Waals surface area (Å²) < 4.78 is 48.8. The molecular formula is C29H32F3NO. The maximum Gasteiger partial charge on any atom is 0.417 e. The predicted octanol–water partition coefficient (Wildman–Crippen LogP) is 7.76. The third kappa shape index (κ3) is 7.49. The lowest BCUT2D eigenvalue weighted by Gasteiger charge is -2.20. The summed E-state index contributed by atoms with van der Waals surface area (Å²) in [4.78, 5) is 0. The van der Waals surface area contributed by atoms with Gasteiger partial charge in [-0.1, -0.05) is 99.0 Å². The van der Waals surface area contributed by atoms with Crippen LogP contribution in [-0.2, 0) is 0 Å². The van der Waals surface area contributed by atoms with Gasteiger partial charge in [0.25, 0.3) is 0 Å². The first-order valence-electron chi connectivity index (χ1n) is 11.9. The van der Waals surface area contributed by atoms with E-state index in [1.165, 1.54) is 31.4 Å². The van der Waals surface area contributed by atoms with E-state index < -0.39 is 11.7 Å². The molecule has 0 atom stereocenters. The largest absolute Gasteiger partial charge is 0.492 e. The standard InChI is InChI=1S/C29H32F3NO/c1-2-3-4-11-20-33-21-22-34-26-18-16-24(17-19-26)27(23-12-7-5-8-13-23)28(29(30,31)32)25-14-9-6-10-15-25/h5-10,12-19,33H,2-4,11,20-22H2,1H3/b28-27+. The fraction of sp³-hybridized carbons (Fsp3) is 0.310. The minimum absolute atomic E-state index is 0.138. The van der Waals surface area contributed by atoms with Gasteiger partial charge in [-0.15, -0.1) is 0 Å². The lowest BCUT2D eigenvalue weighted by molar-refractivity contribution is -0.0685. The second-order valence-electron chi connectivity index (χ2n) is 8.16. The molecule has 0 spiro atoms. The molecule has 0 aliphatic heterocycles. The third-order valence-corrected chi connectivity index (χ3v) is 5.56. The molecule has 1 N–H and O–H groups in total. The topological polar surface area (TPSA) is 21.3 Å². The van der Waals surface area contributed by atoms with Gasteiger partial charge < -0.3 is 10.1 Å². The van der Waals surface area contributed by atoms with E-state index >= 15 is 0 Å². The second kappa shape index (κ2) is 13.0. The maximum absolute atomic E-state index is 14.4. The number of ether oxygens (including phenoxy) is 1. The number of alkyl halides is 3. The molecule has 3 aromatic rings. The molecule has 0 radical (unpaired) electrons. The van der Waals surface area contributed by atoms with Gasteiger partial charge in [-0.2, -0.15) is 13.2 Å². The van der Waals surface area contributed by atoms with Crippen molar-refractivity contribution in [2.45, 2.75) is 38.8 Å². The van der Waals surface area contributed by atoms with Crippen molar-refractivity contribution in [3.05, 3.63) is 102 Å². The van der Waals surface area contributed by atoms with Crippen molar-refractivity contribution in [2.24, 2.45) is 0 Å². The minimum Gasteiger partial charge on any atom is -0.492 e. The molecule has 0 bridgehead atoms. The average molecular weight is 468 g/mol. The van der Waals surface area contributed by atoms with E-state index in [9.17, 15) is 13.2 Å². The highest BCUT2D eigenvalue weighted by atomic mass is 19.4. The van der Waals surface area contributed by atoms with Gasteiger partial charge in [0.2, 0.25) is 0 Å². The van der Waals surface area contributed by atoms with E-state index in [2.05, 4.69) is 12.2 Å². The monoisotopic (exact) mass is 467 g/mol. The Kier molecular flexibility index (Phi) is 9.77. The molecule has 0 unspecified atom stereocenters. The molecular weight excluding hydrogens is 435 g/mol. The Labute approximate surface area is 200 Å². The highest BCUT2D eigenvalue weighted by molar-refractivity contribution is 6.00. The second-order valence-corrected chi connectivity index (χ2v) is 8.16. The summed E-state index contributed by atoms with van der Waals surface area (Å²) in [5.74, 6) is 0.636. The molecule has 3 rings (SSSR count). The van der Waals surface area contributed by atoms with Crippen LogP contribution in [0.1, 0.15) is 49.3 Å². The Morgan fingerprint density at radius 1 is 0.706 bits per heavy atom. The number of allylic oxidation sites excluding steroid dienone is 1. The van der Waals surface area contributed by atoms with Gasteiger partial charge in [0.1, 0.15) is 12.4 Å². The lowest BCUT2D eigenvalue weighted by Crippen LogP contribution is -2.22. The Morgan fingerprint density at radius 2 is 1.29 bits per heavy atom. The van der Waals surface area contributed by atoms with Crippen molar-refractivity contribution in [1.82, 2.24) is 5.32 Å². The molecule has 0 amide bonds. The fourth-order valence-corrected chi connectivity index (χ4v) is 3.88. The smallest absolute Gasteiger partial charge is 0.417 e. The van der Waals surface area contributed by atoms with Gasteiger partial charge in [-0.3, -0.25) is 0 Å². The normalized spacial score (nSPS) is 12.4. The number of halogens is 3. The first-order valence-corrected chi connectivity index (χ1v) is 11.9. The van der Waals surface area contributed by atoms with E-state index in [-0.39, 0.29) is 11.1 Å².